The molecule has 2 aromatic carbocycles. The van der Waals surface area contributed by atoms with Crippen LogP contribution >= 0.6 is 11.3 Å². The highest BCUT2D eigenvalue weighted by Crippen LogP contribution is 2.33. The lowest BCUT2D eigenvalue weighted by molar-refractivity contribution is 0.0635. The second kappa shape index (κ2) is 8.94. The summed E-state index contributed by atoms with van der Waals surface area (Å²) in [7, 11) is -1.66. The van der Waals surface area contributed by atoms with Crippen molar-refractivity contribution in [2.24, 2.45) is 0 Å². The lowest BCUT2D eigenvalue weighted by Gasteiger charge is -2.23. The summed E-state index contributed by atoms with van der Waals surface area (Å²) in [5.41, 5.74) is 1.31. The Kier molecular flexibility index (Phi) is 5.97. The largest absolute Gasteiger partial charge is 0.383 e. The van der Waals surface area contributed by atoms with Crippen LogP contribution in [0.3, 0.4) is 0 Å². The van der Waals surface area contributed by atoms with Crippen LogP contribution in [0.25, 0.3) is 21.0 Å². The third-order valence-corrected chi connectivity index (χ3v) is 8.17. The SMILES string of the molecule is COC[C@H]1CCCN1C(=O)c1cc2c(ccc3cnc(Nc4cccc(S(C)(=O)=O)c4)nc32)s1. The number of benzene rings is 2. The number of hydrogen-bond acceptors (Lipinski definition) is 8. The molecule has 0 aliphatic carbocycles. The van der Waals surface area contributed by atoms with E-state index < -0.39 is 9.84 Å². The van der Waals surface area contributed by atoms with Gasteiger partial charge < -0.3 is 15.0 Å². The fourth-order valence-electron chi connectivity index (χ4n) is 4.32. The number of nitrogens with one attached hydrogen (secondary N) is 1. The highest BCUT2D eigenvalue weighted by Gasteiger charge is 2.30. The number of nitrogens with zero attached hydrogens (tertiary/aromatic N) is 3. The van der Waals surface area contributed by atoms with E-state index in [4.69, 9.17) is 9.72 Å². The van der Waals surface area contributed by atoms with Crippen molar-refractivity contribution in [1.29, 1.82) is 0 Å². The van der Waals surface area contributed by atoms with Gasteiger partial charge >= 0.3 is 0 Å². The smallest absolute Gasteiger partial charge is 0.264 e. The first-order valence-electron chi connectivity index (χ1n) is 10.9. The lowest BCUT2D eigenvalue weighted by Crippen LogP contribution is -2.37. The van der Waals surface area contributed by atoms with E-state index in [-0.39, 0.29) is 16.8 Å². The first-order chi connectivity index (χ1) is 16.3. The number of hydrogen-bond donors (Lipinski definition) is 1. The molecule has 0 spiro atoms. The van der Waals surface area contributed by atoms with E-state index in [1.807, 2.05) is 23.1 Å². The molecule has 4 aromatic rings. The Labute approximate surface area is 201 Å². The zero-order valence-electron chi connectivity index (χ0n) is 18.8. The van der Waals surface area contributed by atoms with Crippen molar-refractivity contribution in [1.82, 2.24) is 14.9 Å². The zero-order valence-corrected chi connectivity index (χ0v) is 20.4. The highest BCUT2D eigenvalue weighted by atomic mass is 32.2. The van der Waals surface area contributed by atoms with Crippen molar-refractivity contribution < 1.29 is 17.9 Å². The van der Waals surface area contributed by atoms with Gasteiger partial charge in [0.25, 0.3) is 5.91 Å². The first kappa shape index (κ1) is 22.7. The summed E-state index contributed by atoms with van der Waals surface area (Å²) in [5.74, 6) is 0.378. The quantitative estimate of drug-likeness (QED) is 0.426. The second-order valence-corrected chi connectivity index (χ2v) is 11.5. The molecule has 0 saturated carbocycles. The summed E-state index contributed by atoms with van der Waals surface area (Å²) in [4.78, 5) is 25.1. The molecular weight excluding hydrogens is 472 g/mol. The van der Waals surface area contributed by atoms with E-state index >= 15 is 0 Å². The molecule has 1 aliphatic heterocycles. The van der Waals surface area contributed by atoms with Crippen LogP contribution < -0.4 is 5.32 Å². The van der Waals surface area contributed by atoms with Gasteiger partial charge in [-0.3, -0.25) is 4.79 Å². The molecule has 176 valence electrons. The second-order valence-electron chi connectivity index (χ2n) is 8.39. The van der Waals surface area contributed by atoms with Crippen LogP contribution in [0.15, 0.2) is 53.6 Å². The van der Waals surface area contributed by atoms with Gasteiger partial charge in [0.15, 0.2) is 9.84 Å². The van der Waals surface area contributed by atoms with Crippen LogP contribution in [-0.4, -0.2) is 61.8 Å². The van der Waals surface area contributed by atoms with E-state index in [2.05, 4.69) is 10.3 Å². The molecule has 1 aliphatic rings. The Balaban J connectivity index is 1.49. The van der Waals surface area contributed by atoms with Crippen LogP contribution in [0.5, 0.6) is 0 Å². The fourth-order valence-corrected chi connectivity index (χ4v) is 6.00. The molecule has 1 amide bonds. The van der Waals surface area contributed by atoms with Crippen molar-refractivity contribution in [3.8, 4) is 0 Å². The van der Waals surface area contributed by atoms with Gasteiger partial charge in [0.2, 0.25) is 5.95 Å². The van der Waals surface area contributed by atoms with E-state index in [0.29, 0.717) is 23.1 Å². The number of aromatic nitrogens is 2. The average Bonchev–Trinajstić information content (AvgIpc) is 3.46. The van der Waals surface area contributed by atoms with Gasteiger partial charge in [0.1, 0.15) is 0 Å². The van der Waals surface area contributed by atoms with Crippen LogP contribution in [0.2, 0.25) is 0 Å². The molecule has 1 saturated heterocycles. The minimum Gasteiger partial charge on any atom is -0.383 e. The number of anilines is 2. The normalized spacial score (nSPS) is 16.4. The molecule has 0 unspecified atom stereocenters. The van der Waals surface area contributed by atoms with E-state index in [0.717, 1.165) is 40.4 Å². The Bertz CT molecular complexity index is 1500. The van der Waals surface area contributed by atoms with Crippen LogP contribution in [0, 0.1) is 0 Å². The molecule has 8 nitrogen and oxygen atoms in total. The number of sulfone groups is 1. The summed E-state index contributed by atoms with van der Waals surface area (Å²) in [6.45, 7) is 1.28. The maximum Gasteiger partial charge on any atom is 0.264 e. The van der Waals surface area contributed by atoms with Gasteiger partial charge in [-0.2, -0.15) is 0 Å². The third-order valence-electron chi connectivity index (χ3n) is 5.97. The number of methoxy groups -OCH3 is 1. The van der Waals surface area contributed by atoms with Gasteiger partial charge in [-0.25, -0.2) is 18.4 Å². The molecule has 1 N–H and O–H groups in total. The number of ether oxygens (including phenoxy) is 1. The fraction of sp³-hybridized carbons (Fsp3) is 0.292. The molecular formula is C24H24N4O4S2. The Morgan fingerprint density at radius 2 is 2.12 bits per heavy atom. The Hall–Kier alpha value is -3.08. The number of rotatable bonds is 6. The van der Waals surface area contributed by atoms with Crippen LogP contribution in [-0.2, 0) is 14.6 Å². The van der Waals surface area contributed by atoms with Gasteiger partial charge in [-0.05, 0) is 49.2 Å². The van der Waals surface area contributed by atoms with Gasteiger partial charge in [0, 0.05) is 47.3 Å². The topological polar surface area (TPSA) is 101 Å². The standard InChI is InChI=1S/C24H24N4O4S2/c1-32-14-17-6-4-10-28(17)23(29)21-12-19-20(33-21)9-8-15-13-25-24(27-22(15)19)26-16-5-3-7-18(11-16)34(2,30)31/h3,5,7-9,11-13,17H,4,6,10,14H2,1-2H3,(H,25,26,27)/t17-/m1/s1. The van der Waals surface area contributed by atoms with Crippen molar-refractivity contribution in [2.45, 2.75) is 23.8 Å². The molecule has 5 rings (SSSR count). The molecule has 2 aromatic heterocycles. The Morgan fingerprint density at radius 1 is 1.26 bits per heavy atom. The molecule has 1 atom stereocenters. The molecule has 3 heterocycles. The summed E-state index contributed by atoms with van der Waals surface area (Å²) in [5, 5.41) is 4.85. The Morgan fingerprint density at radius 3 is 2.91 bits per heavy atom. The van der Waals surface area contributed by atoms with E-state index in [1.165, 1.54) is 17.6 Å². The molecule has 34 heavy (non-hydrogen) atoms. The minimum atomic E-state index is -3.32. The summed E-state index contributed by atoms with van der Waals surface area (Å²) in [6.07, 6.45) is 4.83. The predicted molar refractivity (Wildman–Crippen MR) is 134 cm³/mol. The van der Waals surface area contributed by atoms with E-state index in [1.54, 1.807) is 37.6 Å². The van der Waals surface area contributed by atoms with Crippen LogP contribution in [0.1, 0.15) is 22.5 Å². The van der Waals surface area contributed by atoms with Crippen molar-refractivity contribution in [3.05, 3.63) is 53.5 Å². The predicted octanol–water partition coefficient (Wildman–Crippen LogP) is 4.24. The van der Waals surface area contributed by atoms with Crippen molar-refractivity contribution in [2.75, 3.05) is 31.8 Å². The number of thiophene rings is 1. The summed E-state index contributed by atoms with van der Waals surface area (Å²) in [6, 6.07) is 12.5. The maximum atomic E-state index is 13.2. The van der Waals surface area contributed by atoms with Gasteiger partial charge in [-0.15, -0.1) is 11.3 Å². The number of likely N-dealkylation sites (tertiary alicyclic amines) is 1. The highest BCUT2D eigenvalue weighted by molar-refractivity contribution is 7.90. The minimum absolute atomic E-state index is 0.0268. The van der Waals surface area contributed by atoms with E-state index in [9.17, 15) is 13.2 Å². The maximum absolute atomic E-state index is 13.2. The summed E-state index contributed by atoms with van der Waals surface area (Å²) < 4.78 is 30.0. The molecule has 0 radical (unpaired) electrons. The van der Waals surface area contributed by atoms with Gasteiger partial charge in [-0.1, -0.05) is 6.07 Å². The number of amides is 1. The van der Waals surface area contributed by atoms with Crippen molar-refractivity contribution in [3.63, 3.8) is 0 Å². The van der Waals surface area contributed by atoms with Crippen molar-refractivity contribution >= 4 is 59.7 Å². The monoisotopic (exact) mass is 496 g/mol. The molecule has 0 bridgehead atoms. The third kappa shape index (κ3) is 4.36. The lowest BCUT2D eigenvalue weighted by atomic mass is 10.1. The number of carbonyl (C=O) groups is 1. The molecule has 1 fully saturated rings. The first-order valence-corrected chi connectivity index (χ1v) is 13.6. The van der Waals surface area contributed by atoms with Gasteiger partial charge in [0.05, 0.1) is 27.9 Å². The number of carbonyl (C=O) groups excluding carboxylic acids is 1. The number of fused-ring (bicyclic) bond motifs is 3. The average molecular weight is 497 g/mol. The molecule has 10 heteroatoms. The van der Waals surface area contributed by atoms with Crippen LogP contribution in [0.4, 0.5) is 11.6 Å². The summed E-state index contributed by atoms with van der Waals surface area (Å²) >= 11 is 1.46. The zero-order chi connectivity index (χ0) is 23.9.